The lowest BCUT2D eigenvalue weighted by atomic mass is 10.1. The van der Waals surface area contributed by atoms with Gasteiger partial charge in [0.1, 0.15) is 22.3 Å². The van der Waals surface area contributed by atoms with Crippen molar-refractivity contribution in [1.29, 1.82) is 5.26 Å². The molecule has 7 nitrogen and oxygen atoms in total. The van der Waals surface area contributed by atoms with Gasteiger partial charge in [-0.2, -0.15) is 10.4 Å². The Labute approximate surface area is 133 Å². The largest absolute Gasteiger partial charge is 0.396 e. The van der Waals surface area contributed by atoms with Crippen molar-refractivity contribution in [3.8, 4) is 6.07 Å². The molecule has 0 saturated heterocycles. The molecular weight excluding hydrogens is 321 g/mol. The Morgan fingerprint density at radius 2 is 2.09 bits per heavy atom. The number of hydrogen-bond acceptors (Lipinski definition) is 5. The van der Waals surface area contributed by atoms with Gasteiger partial charge in [-0.3, -0.25) is 9.40 Å². The minimum atomic E-state index is -3.96. The Morgan fingerprint density at radius 3 is 2.61 bits per heavy atom. The molecule has 122 valence electrons. The molecule has 0 atom stereocenters. The van der Waals surface area contributed by atoms with Crippen molar-refractivity contribution >= 4 is 21.4 Å². The zero-order valence-corrected chi connectivity index (χ0v) is 13.6. The third-order valence-electron chi connectivity index (χ3n) is 3.33. The molecule has 0 aliphatic heterocycles. The zero-order chi connectivity index (χ0) is 17.4. The van der Waals surface area contributed by atoms with E-state index in [4.69, 9.17) is 11.0 Å². The minimum Gasteiger partial charge on any atom is -0.396 e. The Morgan fingerprint density at radius 1 is 1.43 bits per heavy atom. The summed E-state index contributed by atoms with van der Waals surface area (Å²) in [5.41, 5.74) is 5.41. The average molecular weight is 337 g/mol. The van der Waals surface area contributed by atoms with Gasteiger partial charge in [-0.1, -0.05) is 0 Å². The SMILES string of the molecule is Cc1c(S(=O)(=O)Nc2ccc(F)c(C#N)c2N)cnn1C(C)C. The second-order valence-electron chi connectivity index (χ2n) is 5.23. The van der Waals surface area contributed by atoms with Crippen LogP contribution in [0, 0.1) is 24.1 Å². The molecule has 0 fully saturated rings. The summed E-state index contributed by atoms with van der Waals surface area (Å²) >= 11 is 0. The lowest BCUT2D eigenvalue weighted by Crippen LogP contribution is -2.16. The quantitative estimate of drug-likeness (QED) is 0.830. The van der Waals surface area contributed by atoms with Crippen molar-refractivity contribution in [2.75, 3.05) is 10.5 Å². The monoisotopic (exact) mass is 337 g/mol. The summed E-state index contributed by atoms with van der Waals surface area (Å²) in [6.07, 6.45) is 1.24. The van der Waals surface area contributed by atoms with Gasteiger partial charge in [0.2, 0.25) is 0 Å². The number of sulfonamides is 1. The molecule has 1 aromatic heterocycles. The molecule has 0 saturated carbocycles. The molecule has 0 bridgehead atoms. The van der Waals surface area contributed by atoms with E-state index < -0.39 is 21.4 Å². The Hall–Kier alpha value is -2.60. The van der Waals surface area contributed by atoms with E-state index in [-0.39, 0.29) is 22.3 Å². The van der Waals surface area contributed by atoms with Crippen LogP contribution in [0.5, 0.6) is 0 Å². The summed E-state index contributed by atoms with van der Waals surface area (Å²) in [5, 5.41) is 12.9. The third-order valence-corrected chi connectivity index (χ3v) is 4.80. The van der Waals surface area contributed by atoms with E-state index >= 15 is 0 Å². The fourth-order valence-corrected chi connectivity index (χ4v) is 3.43. The fraction of sp³-hybridized carbons (Fsp3) is 0.286. The molecule has 0 aliphatic rings. The molecule has 2 rings (SSSR count). The standard InChI is InChI=1S/C14H16FN5O2S/c1-8(2)20-9(3)13(7-18-20)23(21,22)19-12-5-4-11(15)10(6-16)14(12)17/h4-5,7-8,19H,17H2,1-3H3. The highest BCUT2D eigenvalue weighted by Crippen LogP contribution is 2.28. The number of nitrogens with one attached hydrogen (secondary N) is 1. The van der Waals surface area contributed by atoms with Crippen LogP contribution in [0.4, 0.5) is 15.8 Å². The minimum absolute atomic E-state index is 0.0000298. The molecule has 0 spiro atoms. The predicted molar refractivity (Wildman–Crippen MR) is 83.7 cm³/mol. The van der Waals surface area contributed by atoms with Crippen molar-refractivity contribution < 1.29 is 12.8 Å². The van der Waals surface area contributed by atoms with E-state index in [9.17, 15) is 12.8 Å². The summed E-state index contributed by atoms with van der Waals surface area (Å²) in [6.45, 7) is 5.39. The van der Waals surface area contributed by atoms with Crippen LogP contribution in [0.1, 0.15) is 31.1 Å². The van der Waals surface area contributed by atoms with Gasteiger partial charge in [0.25, 0.3) is 10.0 Å². The number of nitriles is 1. The van der Waals surface area contributed by atoms with Gasteiger partial charge in [0, 0.05) is 6.04 Å². The molecule has 3 N–H and O–H groups in total. The highest BCUT2D eigenvalue weighted by Gasteiger charge is 2.23. The van der Waals surface area contributed by atoms with E-state index in [0.717, 1.165) is 6.07 Å². The van der Waals surface area contributed by atoms with Crippen LogP contribution in [0.2, 0.25) is 0 Å². The third kappa shape index (κ3) is 2.98. The molecule has 2 aromatic rings. The first-order valence-corrected chi connectivity index (χ1v) is 8.22. The number of nitrogens with zero attached hydrogens (tertiary/aromatic N) is 3. The first kappa shape index (κ1) is 16.8. The Kier molecular flexibility index (Phi) is 4.29. The Balaban J connectivity index is 2.46. The van der Waals surface area contributed by atoms with Crippen LogP contribution < -0.4 is 10.5 Å². The Bertz CT molecular complexity index is 897. The van der Waals surface area contributed by atoms with Crippen molar-refractivity contribution in [2.45, 2.75) is 31.7 Å². The lowest BCUT2D eigenvalue weighted by molar-refractivity contribution is 0.517. The van der Waals surface area contributed by atoms with E-state index in [0.29, 0.717) is 5.69 Å². The normalized spacial score (nSPS) is 11.5. The van der Waals surface area contributed by atoms with Gasteiger partial charge in [-0.05, 0) is 32.9 Å². The number of hydrogen-bond donors (Lipinski definition) is 2. The predicted octanol–water partition coefficient (Wildman–Crippen LogP) is 2.17. The van der Waals surface area contributed by atoms with Gasteiger partial charge in [-0.25, -0.2) is 12.8 Å². The summed E-state index contributed by atoms with van der Waals surface area (Å²) in [4.78, 5) is -0.00608. The topological polar surface area (TPSA) is 114 Å². The first-order chi connectivity index (χ1) is 10.7. The summed E-state index contributed by atoms with van der Waals surface area (Å²) < 4.78 is 42.3. The number of rotatable bonds is 4. The van der Waals surface area contributed by atoms with Crippen LogP contribution in [-0.4, -0.2) is 18.2 Å². The van der Waals surface area contributed by atoms with Crippen LogP contribution >= 0.6 is 0 Å². The maximum atomic E-state index is 13.4. The second-order valence-corrected chi connectivity index (χ2v) is 6.88. The van der Waals surface area contributed by atoms with E-state index in [2.05, 4.69) is 9.82 Å². The molecule has 0 amide bonds. The zero-order valence-electron chi connectivity index (χ0n) is 12.8. The fourth-order valence-electron chi connectivity index (χ4n) is 2.19. The van der Waals surface area contributed by atoms with Gasteiger partial charge in [0.15, 0.2) is 0 Å². The van der Waals surface area contributed by atoms with Crippen molar-refractivity contribution in [3.05, 3.63) is 35.4 Å². The van der Waals surface area contributed by atoms with Crippen molar-refractivity contribution in [2.24, 2.45) is 0 Å². The highest BCUT2D eigenvalue weighted by atomic mass is 32.2. The molecule has 23 heavy (non-hydrogen) atoms. The van der Waals surface area contributed by atoms with Crippen LogP contribution in [0.3, 0.4) is 0 Å². The molecule has 9 heteroatoms. The molecule has 0 aliphatic carbocycles. The van der Waals surface area contributed by atoms with Crippen molar-refractivity contribution in [1.82, 2.24) is 9.78 Å². The number of halogens is 1. The van der Waals surface area contributed by atoms with Crippen LogP contribution in [0.15, 0.2) is 23.2 Å². The van der Waals surface area contributed by atoms with Crippen molar-refractivity contribution in [3.63, 3.8) is 0 Å². The van der Waals surface area contributed by atoms with E-state index in [1.807, 2.05) is 13.8 Å². The maximum Gasteiger partial charge on any atom is 0.265 e. The van der Waals surface area contributed by atoms with E-state index in [1.54, 1.807) is 17.7 Å². The van der Waals surface area contributed by atoms with Crippen LogP contribution in [0.25, 0.3) is 0 Å². The number of benzene rings is 1. The second kappa shape index (κ2) is 5.89. The maximum absolute atomic E-state index is 13.4. The molecular formula is C14H16FN5O2S. The average Bonchev–Trinajstić information content (AvgIpc) is 2.85. The van der Waals surface area contributed by atoms with Gasteiger partial charge >= 0.3 is 0 Å². The number of aromatic nitrogens is 2. The van der Waals surface area contributed by atoms with Crippen LogP contribution in [-0.2, 0) is 10.0 Å². The molecule has 1 heterocycles. The molecule has 0 radical (unpaired) electrons. The summed E-state index contributed by atoms with van der Waals surface area (Å²) in [7, 11) is -3.96. The van der Waals surface area contributed by atoms with E-state index in [1.165, 1.54) is 12.3 Å². The van der Waals surface area contributed by atoms with Gasteiger partial charge < -0.3 is 5.73 Å². The van der Waals surface area contributed by atoms with Gasteiger partial charge in [0.05, 0.1) is 23.3 Å². The first-order valence-electron chi connectivity index (χ1n) is 6.74. The number of nitrogens with two attached hydrogens (primary N) is 1. The lowest BCUT2D eigenvalue weighted by Gasteiger charge is -2.12. The molecule has 1 aromatic carbocycles. The summed E-state index contributed by atoms with van der Waals surface area (Å²) in [6, 6.07) is 3.76. The molecule has 0 unspecified atom stereocenters. The van der Waals surface area contributed by atoms with Gasteiger partial charge in [-0.15, -0.1) is 0 Å². The highest BCUT2D eigenvalue weighted by molar-refractivity contribution is 7.92. The summed E-state index contributed by atoms with van der Waals surface area (Å²) in [5.74, 6) is -0.809. The number of anilines is 2. The smallest absolute Gasteiger partial charge is 0.265 e. The number of nitrogen functional groups attached to an aromatic ring is 1.